The second kappa shape index (κ2) is 11.5. The highest BCUT2D eigenvalue weighted by Crippen LogP contribution is 2.11. The van der Waals surface area contributed by atoms with E-state index in [4.69, 9.17) is 4.74 Å². The van der Waals surface area contributed by atoms with E-state index < -0.39 is 0 Å². The number of fused-ring (bicyclic) bond motifs is 1. The van der Waals surface area contributed by atoms with Gasteiger partial charge in [0.1, 0.15) is 0 Å². The van der Waals surface area contributed by atoms with Crippen LogP contribution < -0.4 is 10.6 Å². The molecule has 6 nitrogen and oxygen atoms in total. The van der Waals surface area contributed by atoms with Crippen molar-refractivity contribution in [2.24, 2.45) is 4.99 Å². The Kier molecular flexibility index (Phi) is 8.83. The molecule has 1 heterocycles. The Morgan fingerprint density at radius 1 is 1.12 bits per heavy atom. The zero-order valence-corrected chi connectivity index (χ0v) is 15.5. The molecule has 0 radical (unpaired) electrons. The summed E-state index contributed by atoms with van der Waals surface area (Å²) in [7, 11) is 1.80. The number of para-hydroxylation sites is 2. The number of aryl methyl sites for hydroxylation is 1. The lowest BCUT2D eigenvalue weighted by molar-refractivity contribution is 0.129. The number of aliphatic imine (C=N–C) groups is 1. The van der Waals surface area contributed by atoms with Gasteiger partial charge in [0.25, 0.3) is 0 Å². The van der Waals surface area contributed by atoms with Gasteiger partial charge >= 0.3 is 0 Å². The summed E-state index contributed by atoms with van der Waals surface area (Å²) >= 11 is 0. The van der Waals surface area contributed by atoms with Crippen LogP contribution in [0.5, 0.6) is 0 Å². The van der Waals surface area contributed by atoms with Crippen LogP contribution in [0.25, 0.3) is 11.0 Å². The van der Waals surface area contributed by atoms with Gasteiger partial charge in [-0.1, -0.05) is 25.5 Å². The highest BCUT2D eigenvalue weighted by atomic mass is 16.5. The number of imidazole rings is 1. The Morgan fingerprint density at radius 3 is 2.68 bits per heavy atom. The van der Waals surface area contributed by atoms with Crippen LogP contribution in [0.1, 0.15) is 32.6 Å². The first kappa shape index (κ1) is 19.2. The minimum atomic E-state index is 0.803. The molecule has 0 aliphatic heterocycles. The van der Waals surface area contributed by atoms with Gasteiger partial charge in [-0.3, -0.25) is 4.99 Å². The van der Waals surface area contributed by atoms with Gasteiger partial charge in [0.05, 0.1) is 17.4 Å². The van der Waals surface area contributed by atoms with Crippen LogP contribution in [0.3, 0.4) is 0 Å². The highest BCUT2D eigenvalue weighted by Gasteiger charge is 2.01. The standard InChI is InChI=1S/C19H31N5O/c1-3-4-14-25-15-8-12-22-19(20-2)21-11-7-13-24-16-23-17-9-5-6-10-18(17)24/h5-6,9-10,16H,3-4,7-8,11-15H2,1-2H3,(H2,20,21,22). The molecule has 2 rings (SSSR count). The first-order valence-electron chi connectivity index (χ1n) is 9.27. The van der Waals surface area contributed by atoms with Crippen molar-refractivity contribution in [3.8, 4) is 0 Å². The van der Waals surface area contributed by atoms with Gasteiger partial charge in [-0.05, 0) is 31.4 Å². The van der Waals surface area contributed by atoms with Crippen LogP contribution in [-0.2, 0) is 11.3 Å². The van der Waals surface area contributed by atoms with Crippen LogP contribution in [-0.4, -0.2) is 48.9 Å². The van der Waals surface area contributed by atoms with E-state index in [2.05, 4.69) is 44.2 Å². The fourth-order valence-electron chi connectivity index (χ4n) is 2.59. The molecular weight excluding hydrogens is 314 g/mol. The van der Waals surface area contributed by atoms with Gasteiger partial charge in [-0.25, -0.2) is 4.98 Å². The third-order valence-corrected chi connectivity index (χ3v) is 4.02. The van der Waals surface area contributed by atoms with Gasteiger partial charge < -0.3 is 19.9 Å². The lowest BCUT2D eigenvalue weighted by atomic mass is 10.3. The zero-order chi connectivity index (χ0) is 17.7. The molecule has 0 spiro atoms. The lowest BCUT2D eigenvalue weighted by Gasteiger charge is -2.12. The molecule has 0 atom stereocenters. The van der Waals surface area contributed by atoms with Crippen LogP contribution in [0.15, 0.2) is 35.6 Å². The topological polar surface area (TPSA) is 63.5 Å². The Morgan fingerprint density at radius 2 is 1.88 bits per heavy atom. The monoisotopic (exact) mass is 345 g/mol. The molecule has 6 heteroatoms. The maximum atomic E-state index is 5.56. The van der Waals surface area contributed by atoms with Crippen LogP contribution in [0, 0.1) is 0 Å². The molecule has 0 aliphatic carbocycles. The summed E-state index contributed by atoms with van der Waals surface area (Å²) in [6, 6.07) is 8.23. The Hall–Kier alpha value is -2.08. The average molecular weight is 345 g/mol. The van der Waals surface area contributed by atoms with Crippen molar-refractivity contribution in [3.63, 3.8) is 0 Å². The Labute approximate surface area is 150 Å². The number of nitrogens with one attached hydrogen (secondary N) is 2. The van der Waals surface area contributed by atoms with Crippen LogP contribution >= 0.6 is 0 Å². The fourth-order valence-corrected chi connectivity index (χ4v) is 2.59. The maximum Gasteiger partial charge on any atom is 0.190 e. The Bertz CT molecular complexity index is 638. The van der Waals surface area contributed by atoms with E-state index in [9.17, 15) is 0 Å². The van der Waals surface area contributed by atoms with E-state index >= 15 is 0 Å². The van der Waals surface area contributed by atoms with Crippen molar-refractivity contribution in [1.82, 2.24) is 20.2 Å². The van der Waals surface area contributed by atoms with Gasteiger partial charge in [0.15, 0.2) is 5.96 Å². The molecule has 138 valence electrons. The SMILES string of the molecule is CCCCOCCCNC(=NC)NCCCn1cnc2ccccc21. The first-order chi connectivity index (χ1) is 12.3. The predicted octanol–water partition coefficient (Wildman–Crippen LogP) is 2.80. The quantitative estimate of drug-likeness (QED) is 0.373. The molecular formula is C19H31N5O. The zero-order valence-electron chi connectivity index (χ0n) is 15.5. The molecule has 0 aliphatic rings. The molecule has 1 aromatic heterocycles. The number of aromatic nitrogens is 2. The molecule has 0 saturated carbocycles. The van der Waals surface area contributed by atoms with Crippen LogP contribution in [0.4, 0.5) is 0 Å². The second-order valence-corrected chi connectivity index (χ2v) is 6.03. The third-order valence-electron chi connectivity index (χ3n) is 4.02. The van der Waals surface area contributed by atoms with E-state index in [1.165, 1.54) is 11.9 Å². The number of guanidine groups is 1. The minimum Gasteiger partial charge on any atom is -0.381 e. The fraction of sp³-hybridized carbons (Fsp3) is 0.579. The molecule has 2 N–H and O–H groups in total. The maximum absolute atomic E-state index is 5.56. The summed E-state index contributed by atoms with van der Waals surface area (Å²) in [5.74, 6) is 0.851. The summed E-state index contributed by atoms with van der Waals surface area (Å²) in [5.41, 5.74) is 2.24. The van der Waals surface area contributed by atoms with Crippen molar-refractivity contribution in [2.75, 3.05) is 33.4 Å². The smallest absolute Gasteiger partial charge is 0.190 e. The number of nitrogens with zero attached hydrogens (tertiary/aromatic N) is 3. The second-order valence-electron chi connectivity index (χ2n) is 6.03. The van der Waals surface area contributed by atoms with Crippen molar-refractivity contribution >= 4 is 17.0 Å². The lowest BCUT2D eigenvalue weighted by Crippen LogP contribution is -2.38. The molecule has 25 heavy (non-hydrogen) atoms. The third kappa shape index (κ3) is 6.74. The van der Waals surface area contributed by atoms with E-state index in [0.29, 0.717) is 0 Å². The summed E-state index contributed by atoms with van der Waals surface area (Å²) < 4.78 is 7.75. The predicted molar refractivity (Wildman–Crippen MR) is 104 cm³/mol. The Balaban J connectivity index is 1.58. The van der Waals surface area contributed by atoms with Crippen molar-refractivity contribution in [1.29, 1.82) is 0 Å². The van der Waals surface area contributed by atoms with E-state index in [-0.39, 0.29) is 0 Å². The van der Waals surface area contributed by atoms with Crippen molar-refractivity contribution in [3.05, 3.63) is 30.6 Å². The number of unbranched alkanes of at least 4 members (excludes halogenated alkanes) is 1. The number of benzene rings is 1. The van der Waals surface area contributed by atoms with Gasteiger partial charge in [0.2, 0.25) is 0 Å². The van der Waals surface area contributed by atoms with Gasteiger partial charge in [0, 0.05) is 39.9 Å². The molecule has 1 aromatic carbocycles. The summed E-state index contributed by atoms with van der Waals surface area (Å²) in [5, 5.41) is 6.68. The van der Waals surface area contributed by atoms with E-state index in [0.717, 1.165) is 63.6 Å². The van der Waals surface area contributed by atoms with E-state index in [1.54, 1.807) is 7.05 Å². The first-order valence-corrected chi connectivity index (χ1v) is 9.27. The minimum absolute atomic E-state index is 0.803. The van der Waals surface area contributed by atoms with Crippen molar-refractivity contribution in [2.45, 2.75) is 39.2 Å². The normalized spacial score (nSPS) is 11.8. The number of ether oxygens (including phenoxy) is 1. The molecule has 0 unspecified atom stereocenters. The highest BCUT2D eigenvalue weighted by molar-refractivity contribution is 5.79. The summed E-state index contributed by atoms with van der Waals surface area (Å²) in [6.07, 6.45) is 6.25. The van der Waals surface area contributed by atoms with Crippen LogP contribution in [0.2, 0.25) is 0 Å². The van der Waals surface area contributed by atoms with Gasteiger partial charge in [-0.2, -0.15) is 0 Å². The van der Waals surface area contributed by atoms with Crippen molar-refractivity contribution < 1.29 is 4.74 Å². The number of rotatable bonds is 11. The van der Waals surface area contributed by atoms with Gasteiger partial charge in [-0.15, -0.1) is 0 Å². The largest absolute Gasteiger partial charge is 0.381 e. The molecule has 2 aromatic rings. The molecule has 0 fully saturated rings. The average Bonchev–Trinajstić information content (AvgIpc) is 3.06. The number of hydrogen-bond donors (Lipinski definition) is 2. The molecule has 0 saturated heterocycles. The molecule has 0 bridgehead atoms. The summed E-state index contributed by atoms with van der Waals surface area (Å²) in [6.45, 7) is 6.53. The molecule has 0 amide bonds. The number of hydrogen-bond acceptors (Lipinski definition) is 3. The summed E-state index contributed by atoms with van der Waals surface area (Å²) in [4.78, 5) is 8.67. The van der Waals surface area contributed by atoms with E-state index in [1.807, 2.05) is 18.5 Å².